The zero-order valence-corrected chi connectivity index (χ0v) is 22.7. The van der Waals surface area contributed by atoms with Gasteiger partial charge in [0.2, 0.25) is 0 Å². The van der Waals surface area contributed by atoms with Crippen molar-refractivity contribution in [1.29, 1.82) is 0 Å². The SMILES string of the molecule is CCNCC1OC(C2C(N)CC(NC(CO)CO)C(OC3OCC(C)(O)C(NC)C3O)C2O)C(O)C(O)C1O. The van der Waals surface area contributed by atoms with Crippen LogP contribution in [-0.2, 0) is 14.2 Å². The first-order valence-electron chi connectivity index (χ1n) is 13.6. The average Bonchev–Trinajstić information content (AvgIpc) is 2.89. The number of nitrogens with one attached hydrogen (secondary N) is 3. The lowest BCUT2D eigenvalue weighted by atomic mass is 9.72. The highest BCUT2D eigenvalue weighted by atomic mass is 16.7. The number of aliphatic hydroxyl groups is 8. The quantitative estimate of drug-likeness (QED) is 0.111. The standard InChI is InChI=1S/C24H48N4O11/c1-4-27-6-13-15(31)17(33)18(34)21(38-13)14-11(25)5-12(28-10(7-29)8-30)20(16(14)32)39-23-19(35)22(26-3)24(2,36)9-37-23/h10-23,26-36H,4-9,25H2,1-3H3. The molecule has 3 rings (SSSR count). The van der Waals surface area contributed by atoms with Crippen LogP contribution in [0.15, 0.2) is 0 Å². The Balaban J connectivity index is 1.89. The molecule has 0 aromatic heterocycles. The van der Waals surface area contributed by atoms with Gasteiger partial charge in [0, 0.05) is 24.5 Å². The van der Waals surface area contributed by atoms with Crippen molar-refractivity contribution in [3.8, 4) is 0 Å². The van der Waals surface area contributed by atoms with E-state index in [0.29, 0.717) is 6.54 Å². The van der Waals surface area contributed by atoms with E-state index in [2.05, 4.69) is 16.0 Å². The second kappa shape index (κ2) is 14.0. The molecule has 0 spiro atoms. The van der Waals surface area contributed by atoms with E-state index in [1.807, 2.05) is 6.92 Å². The maximum absolute atomic E-state index is 11.6. The minimum absolute atomic E-state index is 0.127. The lowest BCUT2D eigenvalue weighted by Crippen LogP contribution is -2.71. The number of ether oxygens (including phenoxy) is 3. The largest absolute Gasteiger partial charge is 0.395 e. The highest BCUT2D eigenvalue weighted by Crippen LogP contribution is 2.37. The van der Waals surface area contributed by atoms with Gasteiger partial charge in [0.25, 0.3) is 0 Å². The summed E-state index contributed by atoms with van der Waals surface area (Å²) < 4.78 is 17.7. The third-order valence-electron chi connectivity index (χ3n) is 8.20. The van der Waals surface area contributed by atoms with Crippen LogP contribution in [0, 0.1) is 5.92 Å². The molecule has 2 heterocycles. The van der Waals surface area contributed by atoms with Crippen molar-refractivity contribution in [2.24, 2.45) is 11.7 Å². The van der Waals surface area contributed by atoms with Gasteiger partial charge >= 0.3 is 0 Å². The number of nitrogens with two attached hydrogens (primary N) is 1. The Morgan fingerprint density at radius 2 is 1.69 bits per heavy atom. The van der Waals surface area contributed by atoms with Crippen molar-refractivity contribution in [3.05, 3.63) is 0 Å². The molecular formula is C24H48N4O11. The van der Waals surface area contributed by atoms with Crippen LogP contribution in [0.4, 0.5) is 0 Å². The maximum Gasteiger partial charge on any atom is 0.185 e. The van der Waals surface area contributed by atoms with Crippen LogP contribution >= 0.6 is 0 Å². The molecule has 230 valence electrons. The third-order valence-corrected chi connectivity index (χ3v) is 8.20. The van der Waals surface area contributed by atoms with Crippen molar-refractivity contribution >= 4 is 0 Å². The highest BCUT2D eigenvalue weighted by molar-refractivity contribution is 5.07. The average molecular weight is 569 g/mol. The van der Waals surface area contributed by atoms with E-state index >= 15 is 0 Å². The Labute approximate surface area is 228 Å². The summed E-state index contributed by atoms with van der Waals surface area (Å²) in [4.78, 5) is 0. The monoisotopic (exact) mass is 568 g/mol. The van der Waals surface area contributed by atoms with Crippen molar-refractivity contribution in [1.82, 2.24) is 16.0 Å². The minimum Gasteiger partial charge on any atom is -0.395 e. The topological polar surface area (TPSA) is 252 Å². The summed E-state index contributed by atoms with van der Waals surface area (Å²) in [6.45, 7) is 3.11. The normalized spacial score (nSPS) is 47.5. The fraction of sp³-hybridized carbons (Fsp3) is 1.00. The lowest BCUT2D eigenvalue weighted by Gasteiger charge is -2.52. The van der Waals surface area contributed by atoms with Gasteiger partial charge in [0.05, 0.1) is 50.2 Å². The van der Waals surface area contributed by atoms with Crippen LogP contribution in [-0.4, -0.2) is 166 Å². The highest BCUT2D eigenvalue weighted by Gasteiger charge is 2.56. The zero-order valence-electron chi connectivity index (χ0n) is 22.7. The van der Waals surface area contributed by atoms with Gasteiger partial charge in [-0.15, -0.1) is 0 Å². The van der Waals surface area contributed by atoms with Gasteiger partial charge in [-0.1, -0.05) is 6.92 Å². The van der Waals surface area contributed by atoms with Crippen LogP contribution in [0.3, 0.4) is 0 Å². The summed E-state index contributed by atoms with van der Waals surface area (Å²) in [7, 11) is 1.57. The van der Waals surface area contributed by atoms with E-state index in [4.69, 9.17) is 19.9 Å². The molecule has 0 aromatic carbocycles. The molecule has 14 atom stereocenters. The minimum atomic E-state index is -1.57. The third kappa shape index (κ3) is 7.07. The van der Waals surface area contributed by atoms with Gasteiger partial charge in [0.15, 0.2) is 6.29 Å². The molecular weight excluding hydrogens is 520 g/mol. The molecule has 13 N–H and O–H groups in total. The van der Waals surface area contributed by atoms with Crippen molar-refractivity contribution in [3.63, 3.8) is 0 Å². The molecule has 0 radical (unpaired) electrons. The predicted molar refractivity (Wildman–Crippen MR) is 136 cm³/mol. The molecule has 3 fully saturated rings. The van der Waals surface area contributed by atoms with Crippen LogP contribution < -0.4 is 21.7 Å². The summed E-state index contributed by atoms with van der Waals surface area (Å²) in [6.07, 6.45) is -11.7. The first-order valence-corrected chi connectivity index (χ1v) is 13.6. The molecule has 0 aromatic rings. The maximum atomic E-state index is 11.6. The van der Waals surface area contributed by atoms with Crippen LogP contribution in [0.5, 0.6) is 0 Å². The van der Waals surface area contributed by atoms with Gasteiger partial charge in [-0.25, -0.2) is 0 Å². The van der Waals surface area contributed by atoms with E-state index in [9.17, 15) is 40.9 Å². The molecule has 0 amide bonds. The first-order chi connectivity index (χ1) is 18.4. The van der Waals surface area contributed by atoms with Gasteiger partial charge < -0.3 is 76.7 Å². The number of hydrogen-bond acceptors (Lipinski definition) is 15. The fourth-order valence-electron chi connectivity index (χ4n) is 6.01. The number of likely N-dealkylation sites (N-methyl/N-ethyl adjacent to an activating group) is 2. The molecule has 0 bridgehead atoms. The molecule has 39 heavy (non-hydrogen) atoms. The molecule has 15 nitrogen and oxygen atoms in total. The van der Waals surface area contributed by atoms with E-state index in [0.717, 1.165) is 0 Å². The Morgan fingerprint density at radius 3 is 2.28 bits per heavy atom. The Kier molecular flexibility index (Phi) is 11.9. The van der Waals surface area contributed by atoms with Crippen LogP contribution in [0.1, 0.15) is 20.3 Å². The van der Waals surface area contributed by atoms with E-state index < -0.39 is 104 Å². The Hall–Kier alpha value is -0.600. The number of rotatable bonds is 11. The van der Waals surface area contributed by atoms with Crippen LogP contribution in [0.25, 0.3) is 0 Å². The van der Waals surface area contributed by atoms with E-state index in [1.54, 1.807) is 7.05 Å². The van der Waals surface area contributed by atoms with Gasteiger partial charge in [-0.3, -0.25) is 0 Å². The number of hydrogen-bond donors (Lipinski definition) is 12. The summed E-state index contributed by atoms with van der Waals surface area (Å²) in [5, 5.41) is 93.2. The molecule has 1 saturated carbocycles. The van der Waals surface area contributed by atoms with Crippen molar-refractivity contribution in [2.75, 3.05) is 40.0 Å². The molecule has 3 aliphatic rings. The first kappa shape index (κ1) is 32.9. The van der Waals surface area contributed by atoms with Gasteiger partial charge in [-0.05, 0) is 26.9 Å². The zero-order chi connectivity index (χ0) is 29.1. The molecule has 2 aliphatic heterocycles. The molecule has 2 saturated heterocycles. The van der Waals surface area contributed by atoms with Crippen molar-refractivity contribution < 1.29 is 55.1 Å². The summed E-state index contributed by atoms with van der Waals surface area (Å²) in [5.74, 6) is -0.986. The lowest BCUT2D eigenvalue weighted by molar-refractivity contribution is -0.304. The smallest absolute Gasteiger partial charge is 0.185 e. The Bertz CT molecular complexity index is 751. The van der Waals surface area contributed by atoms with Crippen LogP contribution in [0.2, 0.25) is 0 Å². The van der Waals surface area contributed by atoms with E-state index in [1.165, 1.54) is 6.92 Å². The van der Waals surface area contributed by atoms with Gasteiger partial charge in [0.1, 0.15) is 36.1 Å². The Morgan fingerprint density at radius 1 is 1.03 bits per heavy atom. The predicted octanol–water partition coefficient (Wildman–Crippen LogP) is -6.09. The molecule has 1 aliphatic carbocycles. The second-order valence-electron chi connectivity index (χ2n) is 11.1. The number of aliphatic hydroxyl groups excluding tert-OH is 7. The van der Waals surface area contributed by atoms with Crippen molar-refractivity contribution in [2.45, 2.75) is 105 Å². The summed E-state index contributed by atoms with van der Waals surface area (Å²) >= 11 is 0. The molecule has 14 unspecified atom stereocenters. The fourth-order valence-corrected chi connectivity index (χ4v) is 6.01. The van der Waals surface area contributed by atoms with Gasteiger partial charge in [-0.2, -0.15) is 0 Å². The second-order valence-corrected chi connectivity index (χ2v) is 11.1. The summed E-state index contributed by atoms with van der Waals surface area (Å²) in [5.41, 5.74) is 5.08. The molecule has 15 heteroatoms. The van der Waals surface area contributed by atoms with E-state index in [-0.39, 0.29) is 19.6 Å². The summed E-state index contributed by atoms with van der Waals surface area (Å²) in [6, 6.07) is -3.13.